The Balaban J connectivity index is 2.21. The lowest BCUT2D eigenvalue weighted by Gasteiger charge is -1.97. The minimum absolute atomic E-state index is 0.201. The summed E-state index contributed by atoms with van der Waals surface area (Å²) in [4.78, 5) is 14.0. The van der Waals surface area contributed by atoms with Crippen molar-refractivity contribution in [3.63, 3.8) is 0 Å². The van der Waals surface area contributed by atoms with Crippen molar-refractivity contribution in [1.82, 2.24) is 15.2 Å². The van der Waals surface area contributed by atoms with E-state index in [4.69, 9.17) is 5.26 Å². The first kappa shape index (κ1) is 14.7. The molecule has 0 fully saturated rings. The molecule has 0 saturated carbocycles. The van der Waals surface area contributed by atoms with Crippen molar-refractivity contribution in [2.75, 3.05) is 5.75 Å². The van der Waals surface area contributed by atoms with Gasteiger partial charge in [0.1, 0.15) is 11.1 Å². The van der Waals surface area contributed by atoms with Crippen molar-refractivity contribution >= 4 is 40.5 Å². The first-order valence-electron chi connectivity index (χ1n) is 5.33. The summed E-state index contributed by atoms with van der Waals surface area (Å²) in [6.45, 7) is 2.02. The highest BCUT2D eigenvalue weighted by Gasteiger charge is 2.16. The number of nitrogens with zero attached hydrogens (tertiary/aromatic N) is 5. The zero-order valence-corrected chi connectivity index (χ0v) is 12.6. The fourth-order valence-electron chi connectivity index (χ4n) is 1.23. The van der Waals surface area contributed by atoms with Crippen molar-refractivity contribution < 1.29 is 4.92 Å². The van der Waals surface area contributed by atoms with Gasteiger partial charge in [-0.25, -0.2) is 4.98 Å². The standard InChI is InChI=1S/C10H7N5O2S3/c1-2-18-9-13-14-10(20-9)19-8-4-3-7(15(16)17)6(5-11)12-8/h3-4H,2H2,1H3. The van der Waals surface area contributed by atoms with Crippen LogP contribution in [0.2, 0.25) is 0 Å². The number of hydrogen-bond donors (Lipinski definition) is 0. The Hall–Kier alpha value is -1.70. The molecule has 2 rings (SSSR count). The molecule has 20 heavy (non-hydrogen) atoms. The summed E-state index contributed by atoms with van der Waals surface area (Å²) in [5.74, 6) is 0.910. The molecule has 0 aliphatic rings. The van der Waals surface area contributed by atoms with Gasteiger partial charge >= 0.3 is 5.69 Å². The van der Waals surface area contributed by atoms with Gasteiger partial charge in [-0.2, -0.15) is 5.26 Å². The number of thioether (sulfide) groups is 1. The van der Waals surface area contributed by atoms with E-state index in [2.05, 4.69) is 15.2 Å². The van der Waals surface area contributed by atoms with E-state index >= 15 is 0 Å². The molecule has 2 heterocycles. The fraction of sp³-hybridized carbons (Fsp3) is 0.200. The Bertz CT molecular complexity index is 682. The summed E-state index contributed by atoms with van der Waals surface area (Å²) in [6.07, 6.45) is 0. The Morgan fingerprint density at radius 1 is 1.45 bits per heavy atom. The van der Waals surface area contributed by atoms with Crippen molar-refractivity contribution in [1.29, 1.82) is 5.26 Å². The minimum Gasteiger partial charge on any atom is -0.258 e. The molecule has 0 unspecified atom stereocenters. The Morgan fingerprint density at radius 3 is 2.85 bits per heavy atom. The van der Waals surface area contributed by atoms with Crippen LogP contribution in [0.3, 0.4) is 0 Å². The SMILES string of the molecule is CCSc1nnc(Sc2ccc([N+](=O)[O-])c(C#N)n2)s1. The van der Waals surface area contributed by atoms with E-state index in [1.165, 1.54) is 35.2 Å². The van der Waals surface area contributed by atoms with E-state index in [0.29, 0.717) is 9.37 Å². The summed E-state index contributed by atoms with van der Waals surface area (Å²) in [6, 6.07) is 4.50. The number of nitriles is 1. The number of rotatable bonds is 5. The highest BCUT2D eigenvalue weighted by atomic mass is 32.2. The second-order valence-electron chi connectivity index (χ2n) is 3.26. The lowest BCUT2D eigenvalue weighted by atomic mass is 10.3. The molecule has 0 atom stereocenters. The van der Waals surface area contributed by atoms with Gasteiger partial charge in [0.2, 0.25) is 5.69 Å². The molecule has 2 aromatic heterocycles. The van der Waals surface area contributed by atoms with Crippen LogP contribution in [0.5, 0.6) is 0 Å². The monoisotopic (exact) mass is 325 g/mol. The smallest absolute Gasteiger partial charge is 0.258 e. The second-order valence-corrected chi connectivity index (χ2v) is 7.01. The molecule has 2 aromatic rings. The van der Waals surface area contributed by atoms with Gasteiger partial charge in [0.15, 0.2) is 8.68 Å². The van der Waals surface area contributed by atoms with Gasteiger partial charge in [-0.05, 0) is 23.6 Å². The highest BCUT2D eigenvalue weighted by molar-refractivity contribution is 8.03. The van der Waals surface area contributed by atoms with Crippen LogP contribution >= 0.6 is 34.9 Å². The Labute approximate surface area is 126 Å². The lowest BCUT2D eigenvalue weighted by molar-refractivity contribution is -0.385. The summed E-state index contributed by atoms with van der Waals surface area (Å²) < 4.78 is 1.55. The maximum atomic E-state index is 10.7. The molecule has 7 nitrogen and oxygen atoms in total. The predicted molar refractivity (Wildman–Crippen MR) is 76.0 cm³/mol. The molecule has 102 valence electrons. The van der Waals surface area contributed by atoms with Gasteiger partial charge in [-0.1, -0.05) is 30.0 Å². The van der Waals surface area contributed by atoms with E-state index in [1.54, 1.807) is 17.8 Å². The third-order valence-corrected chi connectivity index (χ3v) is 4.92. The second kappa shape index (κ2) is 6.65. The van der Waals surface area contributed by atoms with E-state index in [0.717, 1.165) is 10.1 Å². The van der Waals surface area contributed by atoms with Crippen LogP contribution in [-0.2, 0) is 0 Å². The van der Waals surface area contributed by atoms with Crippen LogP contribution in [0.25, 0.3) is 0 Å². The molecule has 10 heteroatoms. The molecular weight excluding hydrogens is 318 g/mol. The topological polar surface area (TPSA) is 106 Å². The largest absolute Gasteiger partial charge is 0.305 e. The van der Waals surface area contributed by atoms with Crippen molar-refractivity contribution in [3.05, 3.63) is 27.9 Å². The molecular formula is C10H7N5O2S3. The van der Waals surface area contributed by atoms with E-state index < -0.39 is 4.92 Å². The number of aromatic nitrogens is 3. The molecule has 0 aliphatic heterocycles. The fourth-order valence-corrected chi connectivity index (χ4v) is 4.07. The predicted octanol–water partition coefficient (Wildman–Crippen LogP) is 2.98. The van der Waals surface area contributed by atoms with Gasteiger partial charge in [0, 0.05) is 6.07 Å². The average molecular weight is 325 g/mol. The minimum atomic E-state index is -0.624. The van der Waals surface area contributed by atoms with Crippen LogP contribution < -0.4 is 0 Å². The summed E-state index contributed by atoms with van der Waals surface area (Å²) in [5, 5.41) is 28.1. The van der Waals surface area contributed by atoms with Gasteiger partial charge in [0.05, 0.1) is 4.92 Å². The van der Waals surface area contributed by atoms with Crippen LogP contribution in [-0.4, -0.2) is 25.9 Å². The summed E-state index contributed by atoms with van der Waals surface area (Å²) in [7, 11) is 0. The van der Waals surface area contributed by atoms with Crippen molar-refractivity contribution in [3.8, 4) is 6.07 Å². The first-order valence-corrected chi connectivity index (χ1v) is 7.95. The third kappa shape index (κ3) is 3.44. The van der Waals surface area contributed by atoms with Crippen LogP contribution in [0.4, 0.5) is 5.69 Å². The molecule has 0 amide bonds. The van der Waals surface area contributed by atoms with Gasteiger partial charge in [-0.15, -0.1) is 10.2 Å². The molecule has 0 aromatic carbocycles. The molecule has 0 saturated heterocycles. The van der Waals surface area contributed by atoms with E-state index in [9.17, 15) is 10.1 Å². The van der Waals surface area contributed by atoms with Gasteiger partial charge in [-0.3, -0.25) is 10.1 Å². The van der Waals surface area contributed by atoms with Crippen molar-refractivity contribution in [2.45, 2.75) is 20.6 Å². The van der Waals surface area contributed by atoms with Crippen molar-refractivity contribution in [2.24, 2.45) is 0 Å². The Morgan fingerprint density at radius 2 is 2.20 bits per heavy atom. The normalized spacial score (nSPS) is 10.2. The zero-order chi connectivity index (χ0) is 14.5. The molecule has 0 spiro atoms. The molecule has 0 N–H and O–H groups in total. The van der Waals surface area contributed by atoms with Gasteiger partial charge in [0.25, 0.3) is 0 Å². The average Bonchev–Trinajstić information content (AvgIpc) is 2.86. The maximum absolute atomic E-state index is 10.7. The Kier molecular flexibility index (Phi) is 4.89. The van der Waals surface area contributed by atoms with E-state index in [-0.39, 0.29) is 11.4 Å². The number of nitro groups is 1. The molecule has 0 aliphatic carbocycles. The molecule has 0 radical (unpaired) electrons. The quantitative estimate of drug-likeness (QED) is 0.469. The van der Waals surface area contributed by atoms with E-state index in [1.807, 2.05) is 6.92 Å². The zero-order valence-electron chi connectivity index (χ0n) is 10.1. The maximum Gasteiger partial charge on any atom is 0.305 e. The number of pyridine rings is 1. The first-order chi connectivity index (χ1) is 9.63. The van der Waals surface area contributed by atoms with Crippen LogP contribution in [0.1, 0.15) is 12.6 Å². The summed E-state index contributed by atoms with van der Waals surface area (Å²) >= 11 is 4.24. The molecule has 0 bridgehead atoms. The van der Waals surface area contributed by atoms with Crippen LogP contribution in [0.15, 0.2) is 25.8 Å². The van der Waals surface area contributed by atoms with Crippen LogP contribution in [0, 0.1) is 21.4 Å². The third-order valence-electron chi connectivity index (χ3n) is 2.00. The number of hydrogen-bond acceptors (Lipinski definition) is 9. The van der Waals surface area contributed by atoms with Gasteiger partial charge < -0.3 is 0 Å². The summed E-state index contributed by atoms with van der Waals surface area (Å²) in [5.41, 5.74) is -0.496. The highest BCUT2D eigenvalue weighted by Crippen LogP contribution is 2.33. The lowest BCUT2D eigenvalue weighted by Crippen LogP contribution is -1.95.